The lowest BCUT2D eigenvalue weighted by molar-refractivity contribution is -0.140. The van der Waals surface area contributed by atoms with Crippen molar-refractivity contribution in [1.29, 1.82) is 0 Å². The summed E-state index contributed by atoms with van der Waals surface area (Å²) in [5.41, 5.74) is -1.57. The molecule has 33 heavy (non-hydrogen) atoms. The molecule has 3 fully saturated rings. The van der Waals surface area contributed by atoms with Crippen molar-refractivity contribution in [1.82, 2.24) is 19.4 Å². The summed E-state index contributed by atoms with van der Waals surface area (Å²) in [6.07, 6.45) is -4.69. The average molecular weight is 494 g/mol. The van der Waals surface area contributed by atoms with Gasteiger partial charge in [0.05, 0.1) is 22.6 Å². The molecule has 0 spiro atoms. The number of sulfonamides is 1. The maximum absolute atomic E-state index is 13.4. The van der Waals surface area contributed by atoms with Crippen LogP contribution in [0.5, 0.6) is 0 Å². The third kappa shape index (κ3) is 4.77. The molecule has 1 aromatic rings. The predicted molar refractivity (Wildman–Crippen MR) is 105 cm³/mol. The average Bonchev–Trinajstić information content (AvgIpc) is 2.77. The molecule has 0 aliphatic carbocycles. The van der Waals surface area contributed by atoms with E-state index in [1.54, 1.807) is 4.90 Å². The summed E-state index contributed by atoms with van der Waals surface area (Å²) in [5, 5.41) is 2.79. The highest BCUT2D eigenvalue weighted by atomic mass is 32.2. The summed E-state index contributed by atoms with van der Waals surface area (Å²) >= 11 is 0. The van der Waals surface area contributed by atoms with E-state index < -0.39 is 32.5 Å². The van der Waals surface area contributed by atoms with Gasteiger partial charge >= 0.3 is 12.2 Å². The summed E-state index contributed by atoms with van der Waals surface area (Å²) in [4.78, 5) is 26.4. The lowest BCUT2D eigenvalue weighted by Crippen LogP contribution is -2.63. The zero-order valence-electron chi connectivity index (χ0n) is 17.3. The number of hydrogen-bond donors (Lipinski definition) is 1. The van der Waals surface area contributed by atoms with Gasteiger partial charge in [-0.2, -0.15) is 17.5 Å². The van der Waals surface area contributed by atoms with Crippen molar-refractivity contribution in [3.8, 4) is 0 Å². The molecule has 3 amide bonds. The van der Waals surface area contributed by atoms with Crippen molar-refractivity contribution in [2.75, 3.05) is 45.9 Å². The van der Waals surface area contributed by atoms with Crippen LogP contribution in [0.3, 0.4) is 0 Å². The molecule has 9 nitrogen and oxygen atoms in total. The number of urea groups is 1. The Morgan fingerprint density at radius 2 is 1.79 bits per heavy atom. The highest BCUT2D eigenvalue weighted by molar-refractivity contribution is 7.89. The lowest BCUT2D eigenvalue weighted by Gasteiger charge is -2.43. The highest BCUT2D eigenvalue weighted by Crippen LogP contribution is 2.36. The number of carbonyl (C=O) groups is 2. The summed E-state index contributed by atoms with van der Waals surface area (Å²) in [5.74, 6) is -1.46. The monoisotopic (exact) mass is 494 g/mol. The van der Waals surface area contributed by atoms with Crippen molar-refractivity contribution in [2.45, 2.75) is 29.6 Å². The van der Waals surface area contributed by atoms with Crippen molar-refractivity contribution < 1.29 is 40.3 Å². The van der Waals surface area contributed by atoms with Crippen LogP contribution in [0.25, 0.3) is 0 Å². The molecule has 2 atom stereocenters. The number of piperazine rings is 1. The zero-order chi connectivity index (χ0) is 24.0. The molecule has 3 heterocycles. The predicted octanol–water partition coefficient (Wildman–Crippen LogP) is 0.860. The Bertz CT molecular complexity index is 1040. The van der Waals surface area contributed by atoms with Gasteiger partial charge in [-0.25, -0.2) is 17.6 Å². The smallest absolute Gasteiger partial charge is 0.366 e. The Morgan fingerprint density at radius 1 is 1.09 bits per heavy atom. The van der Waals surface area contributed by atoms with Gasteiger partial charge in [0.1, 0.15) is 12.4 Å². The Labute approximate surface area is 187 Å². The molecular formula is C19H22F4N4O5S. The van der Waals surface area contributed by atoms with Gasteiger partial charge in [0.15, 0.2) is 0 Å². The first kappa shape index (κ1) is 23.7. The second-order valence-electron chi connectivity index (χ2n) is 8.07. The van der Waals surface area contributed by atoms with Gasteiger partial charge < -0.3 is 19.9 Å². The van der Waals surface area contributed by atoms with Gasteiger partial charge in [0.2, 0.25) is 15.9 Å². The number of fused-ring (bicyclic) bond motifs is 1. The first-order valence-electron chi connectivity index (χ1n) is 10.3. The second kappa shape index (κ2) is 8.72. The van der Waals surface area contributed by atoms with E-state index >= 15 is 0 Å². The van der Waals surface area contributed by atoms with E-state index in [0.29, 0.717) is 25.1 Å². The number of likely N-dealkylation sites (tertiary alicyclic amines) is 1. The number of halogens is 4. The van der Waals surface area contributed by atoms with Crippen LogP contribution in [-0.2, 0) is 25.7 Å². The number of hydrogen-bond acceptors (Lipinski definition) is 5. The van der Waals surface area contributed by atoms with Crippen LogP contribution in [-0.4, -0.2) is 92.5 Å². The molecule has 0 aromatic heterocycles. The van der Waals surface area contributed by atoms with Gasteiger partial charge in [0, 0.05) is 39.3 Å². The van der Waals surface area contributed by atoms with Crippen LogP contribution in [0.4, 0.5) is 22.4 Å². The van der Waals surface area contributed by atoms with Crippen LogP contribution in [0.2, 0.25) is 0 Å². The van der Waals surface area contributed by atoms with E-state index in [0.717, 1.165) is 4.31 Å². The standard InChI is InChI=1S/C19H22F4N4O5S/c20-12-1-2-16(13(9-12)19(21,22)23)33(30,31)27-7-5-25(6-8-27)18(29)26-4-3-15-14(10-26)24-17(28)11-32-15/h1-2,9,14-15H,3-8,10-11H2,(H,24,28)/t14-,15?/m1/s1. The number of morpholine rings is 1. The molecule has 3 saturated heterocycles. The first-order valence-corrected chi connectivity index (χ1v) is 11.7. The SMILES string of the molecule is O=C1COC2CCN(C(=O)N3CCN(S(=O)(=O)c4ccc(F)cc4C(F)(F)F)CC3)C[C@H]2N1. The molecule has 1 unspecified atom stereocenters. The number of carbonyl (C=O) groups excluding carboxylic acids is 2. The summed E-state index contributed by atoms with van der Waals surface area (Å²) in [7, 11) is -4.56. The molecule has 1 aromatic carbocycles. The first-order chi connectivity index (χ1) is 15.5. The van der Waals surface area contributed by atoms with Crippen LogP contribution >= 0.6 is 0 Å². The number of nitrogens with zero attached hydrogens (tertiary/aromatic N) is 3. The Kier molecular flexibility index (Phi) is 6.26. The van der Waals surface area contributed by atoms with Crippen LogP contribution < -0.4 is 5.32 Å². The zero-order valence-corrected chi connectivity index (χ0v) is 18.2. The fraction of sp³-hybridized carbons (Fsp3) is 0.579. The number of ether oxygens (including phenoxy) is 1. The Hall–Kier alpha value is -2.45. The van der Waals surface area contributed by atoms with E-state index in [2.05, 4.69) is 5.32 Å². The van der Waals surface area contributed by atoms with Crippen molar-refractivity contribution in [3.63, 3.8) is 0 Å². The molecule has 1 N–H and O–H groups in total. The minimum atomic E-state index is -5.05. The van der Waals surface area contributed by atoms with Crippen molar-refractivity contribution in [2.24, 2.45) is 0 Å². The number of amides is 3. The number of piperidine rings is 1. The molecule has 0 bridgehead atoms. The maximum atomic E-state index is 13.4. The fourth-order valence-electron chi connectivity index (χ4n) is 4.28. The fourth-order valence-corrected chi connectivity index (χ4v) is 5.90. The summed E-state index contributed by atoms with van der Waals surface area (Å²) < 4.78 is 85.3. The topological polar surface area (TPSA) is 99.3 Å². The largest absolute Gasteiger partial charge is 0.417 e. The van der Waals surface area contributed by atoms with Gasteiger partial charge in [-0.1, -0.05) is 0 Å². The summed E-state index contributed by atoms with van der Waals surface area (Å²) in [6, 6.07) is 0.756. The maximum Gasteiger partial charge on any atom is 0.417 e. The van der Waals surface area contributed by atoms with Crippen LogP contribution in [0, 0.1) is 5.82 Å². The molecule has 3 aliphatic rings. The van der Waals surface area contributed by atoms with E-state index in [9.17, 15) is 35.6 Å². The Morgan fingerprint density at radius 3 is 2.45 bits per heavy atom. The van der Waals surface area contributed by atoms with Crippen molar-refractivity contribution >= 4 is 22.0 Å². The van der Waals surface area contributed by atoms with Gasteiger partial charge in [-0.05, 0) is 24.6 Å². The van der Waals surface area contributed by atoms with Crippen LogP contribution in [0.1, 0.15) is 12.0 Å². The minimum Gasteiger partial charge on any atom is -0.366 e. The number of benzene rings is 1. The molecule has 4 rings (SSSR count). The van der Waals surface area contributed by atoms with Gasteiger partial charge in [-0.3, -0.25) is 4.79 Å². The van der Waals surface area contributed by atoms with Crippen molar-refractivity contribution in [3.05, 3.63) is 29.6 Å². The number of nitrogens with one attached hydrogen (secondary N) is 1. The minimum absolute atomic E-state index is 0.0182. The number of rotatable bonds is 2. The van der Waals surface area contributed by atoms with E-state index in [-0.39, 0.29) is 69.5 Å². The number of alkyl halides is 3. The third-order valence-corrected chi connectivity index (χ3v) is 7.93. The Balaban J connectivity index is 1.42. The molecule has 14 heteroatoms. The molecule has 0 radical (unpaired) electrons. The van der Waals surface area contributed by atoms with E-state index in [4.69, 9.17) is 4.74 Å². The molecular weight excluding hydrogens is 472 g/mol. The second-order valence-corrected chi connectivity index (χ2v) is 9.98. The normalized spacial score (nSPS) is 24.9. The van der Waals surface area contributed by atoms with Gasteiger partial charge in [-0.15, -0.1) is 0 Å². The van der Waals surface area contributed by atoms with E-state index in [1.807, 2.05) is 0 Å². The highest BCUT2D eigenvalue weighted by Gasteiger charge is 2.42. The molecule has 0 saturated carbocycles. The lowest BCUT2D eigenvalue weighted by atomic mass is 10.0. The van der Waals surface area contributed by atoms with Gasteiger partial charge in [0.25, 0.3) is 0 Å². The third-order valence-electron chi connectivity index (χ3n) is 5.97. The molecule has 182 valence electrons. The van der Waals surface area contributed by atoms with Crippen LogP contribution in [0.15, 0.2) is 23.1 Å². The molecule has 3 aliphatic heterocycles. The quantitative estimate of drug-likeness (QED) is 0.615. The summed E-state index contributed by atoms with van der Waals surface area (Å²) in [6.45, 7) is 0.180. The van der Waals surface area contributed by atoms with E-state index in [1.165, 1.54) is 4.90 Å².